The van der Waals surface area contributed by atoms with Crippen molar-refractivity contribution in [2.75, 3.05) is 23.4 Å². The molecule has 0 aliphatic carbocycles. The fraction of sp³-hybridized carbons (Fsp3) is 0.200. The predicted octanol–water partition coefficient (Wildman–Crippen LogP) is 4.39. The molecule has 2 amide bonds. The summed E-state index contributed by atoms with van der Waals surface area (Å²) in [5.74, 6) is 0.324. The van der Waals surface area contributed by atoms with Crippen LogP contribution in [0, 0.1) is 19.7 Å². The lowest BCUT2D eigenvalue weighted by molar-refractivity contribution is -0.121. The molecule has 0 aromatic heterocycles. The number of hydrogen-bond acceptors (Lipinski definition) is 4. The highest BCUT2D eigenvalue weighted by atomic mass is 19.1. The van der Waals surface area contributed by atoms with E-state index in [1.807, 2.05) is 32.0 Å². The number of nitrogens with one attached hydrogen (secondary N) is 1. The maximum atomic E-state index is 13.2. The standard InChI is InChI=1S/C25H23FN2O4/c1-16-4-3-5-22(17(16)2)31-14-24(29)27-20-10-11-23-21(12-20)28(25(30)15-32-23)13-18-6-8-19(26)9-7-18/h3-12H,13-15H2,1-2H3,(H,27,29). The number of carbonyl (C=O) groups excluding carboxylic acids is 2. The minimum atomic E-state index is -0.337. The number of hydrogen-bond donors (Lipinski definition) is 1. The van der Waals surface area contributed by atoms with Gasteiger partial charge in [0.2, 0.25) is 0 Å². The third kappa shape index (κ3) is 4.72. The average molecular weight is 434 g/mol. The summed E-state index contributed by atoms with van der Waals surface area (Å²) >= 11 is 0. The Morgan fingerprint density at radius 3 is 2.69 bits per heavy atom. The zero-order valence-electron chi connectivity index (χ0n) is 17.9. The van der Waals surface area contributed by atoms with Gasteiger partial charge in [-0.25, -0.2) is 4.39 Å². The second-order valence-corrected chi connectivity index (χ2v) is 7.61. The minimum Gasteiger partial charge on any atom is -0.483 e. The van der Waals surface area contributed by atoms with Crippen molar-refractivity contribution in [3.05, 3.63) is 83.2 Å². The molecule has 32 heavy (non-hydrogen) atoms. The van der Waals surface area contributed by atoms with Crippen molar-refractivity contribution in [3.8, 4) is 11.5 Å². The molecular weight excluding hydrogens is 411 g/mol. The van der Waals surface area contributed by atoms with Crippen molar-refractivity contribution < 1.29 is 23.5 Å². The van der Waals surface area contributed by atoms with Crippen LogP contribution in [0.25, 0.3) is 0 Å². The van der Waals surface area contributed by atoms with Gasteiger partial charge in [0.05, 0.1) is 12.2 Å². The highest BCUT2D eigenvalue weighted by molar-refractivity contribution is 5.99. The SMILES string of the molecule is Cc1cccc(OCC(=O)Nc2ccc3c(c2)N(Cc2ccc(F)cc2)C(=O)CO3)c1C. The zero-order chi connectivity index (χ0) is 22.7. The molecule has 6 nitrogen and oxygen atoms in total. The summed E-state index contributed by atoms with van der Waals surface area (Å²) in [6.45, 7) is 3.97. The maximum absolute atomic E-state index is 13.2. The monoisotopic (exact) mass is 434 g/mol. The quantitative estimate of drug-likeness (QED) is 0.625. The van der Waals surface area contributed by atoms with Gasteiger partial charge < -0.3 is 19.7 Å². The number of benzene rings is 3. The lowest BCUT2D eigenvalue weighted by Gasteiger charge is -2.30. The summed E-state index contributed by atoms with van der Waals surface area (Å²) < 4.78 is 24.4. The number of nitrogens with zero attached hydrogens (tertiary/aromatic N) is 1. The van der Waals surface area contributed by atoms with Crippen LogP contribution in [0.5, 0.6) is 11.5 Å². The Morgan fingerprint density at radius 1 is 1.12 bits per heavy atom. The summed E-state index contributed by atoms with van der Waals surface area (Å²) in [7, 11) is 0. The molecule has 4 rings (SSSR count). The Labute approximate surface area is 185 Å². The second kappa shape index (κ2) is 9.09. The second-order valence-electron chi connectivity index (χ2n) is 7.61. The number of fused-ring (bicyclic) bond motifs is 1. The number of rotatable bonds is 6. The molecule has 0 fully saturated rings. The molecule has 1 aliphatic rings. The summed E-state index contributed by atoms with van der Waals surface area (Å²) in [5, 5.41) is 2.80. The Hall–Kier alpha value is -3.87. The van der Waals surface area contributed by atoms with Gasteiger partial charge in [-0.05, 0) is 66.9 Å². The van der Waals surface area contributed by atoms with Crippen LogP contribution in [0.15, 0.2) is 60.7 Å². The van der Waals surface area contributed by atoms with E-state index >= 15 is 0 Å². The topological polar surface area (TPSA) is 67.9 Å². The Balaban J connectivity index is 1.47. The van der Waals surface area contributed by atoms with Crippen molar-refractivity contribution in [2.45, 2.75) is 20.4 Å². The van der Waals surface area contributed by atoms with Gasteiger partial charge in [-0.3, -0.25) is 9.59 Å². The molecule has 3 aromatic carbocycles. The van der Waals surface area contributed by atoms with E-state index in [1.54, 1.807) is 35.2 Å². The highest BCUT2D eigenvalue weighted by Crippen LogP contribution is 2.35. The minimum absolute atomic E-state index is 0.0798. The molecule has 0 saturated heterocycles. The van der Waals surface area contributed by atoms with Crippen LogP contribution in [0.1, 0.15) is 16.7 Å². The van der Waals surface area contributed by atoms with Crippen molar-refractivity contribution >= 4 is 23.2 Å². The normalized spacial score (nSPS) is 12.7. The van der Waals surface area contributed by atoms with Crippen LogP contribution in [0.4, 0.5) is 15.8 Å². The van der Waals surface area contributed by atoms with Crippen molar-refractivity contribution in [1.29, 1.82) is 0 Å². The van der Waals surface area contributed by atoms with E-state index in [0.717, 1.165) is 16.7 Å². The fourth-order valence-corrected chi connectivity index (χ4v) is 3.45. The molecule has 0 bridgehead atoms. The molecule has 0 saturated carbocycles. The molecular formula is C25H23FN2O4. The number of anilines is 2. The first-order chi connectivity index (χ1) is 15.4. The predicted molar refractivity (Wildman–Crippen MR) is 120 cm³/mol. The third-order valence-corrected chi connectivity index (χ3v) is 5.35. The molecule has 3 aromatic rings. The number of ether oxygens (including phenoxy) is 2. The van der Waals surface area contributed by atoms with Gasteiger partial charge in [-0.15, -0.1) is 0 Å². The van der Waals surface area contributed by atoms with Crippen LogP contribution < -0.4 is 19.7 Å². The summed E-state index contributed by atoms with van der Waals surface area (Å²) in [6, 6.07) is 16.8. The van der Waals surface area contributed by atoms with E-state index in [4.69, 9.17) is 9.47 Å². The van der Waals surface area contributed by atoms with Gasteiger partial charge in [0, 0.05) is 5.69 Å². The van der Waals surface area contributed by atoms with Gasteiger partial charge in [-0.2, -0.15) is 0 Å². The lowest BCUT2D eigenvalue weighted by Crippen LogP contribution is -2.38. The van der Waals surface area contributed by atoms with Gasteiger partial charge >= 0.3 is 0 Å². The van der Waals surface area contributed by atoms with Gasteiger partial charge in [0.25, 0.3) is 11.8 Å². The molecule has 0 unspecified atom stereocenters. The van der Waals surface area contributed by atoms with Gasteiger partial charge in [0.15, 0.2) is 13.2 Å². The molecule has 0 atom stereocenters. The van der Waals surface area contributed by atoms with Crippen LogP contribution in [-0.4, -0.2) is 25.0 Å². The Kier molecular flexibility index (Phi) is 6.07. The number of halogens is 1. The number of amides is 2. The van der Waals surface area contributed by atoms with Crippen molar-refractivity contribution in [2.24, 2.45) is 0 Å². The van der Waals surface area contributed by atoms with E-state index < -0.39 is 0 Å². The van der Waals surface area contributed by atoms with Crippen LogP contribution in [0.2, 0.25) is 0 Å². The summed E-state index contributed by atoms with van der Waals surface area (Å²) in [5.41, 5.74) is 3.91. The van der Waals surface area contributed by atoms with E-state index in [1.165, 1.54) is 12.1 Å². The fourth-order valence-electron chi connectivity index (χ4n) is 3.45. The van der Waals surface area contributed by atoms with Crippen LogP contribution in [-0.2, 0) is 16.1 Å². The molecule has 1 aliphatic heterocycles. The summed E-state index contributed by atoms with van der Waals surface area (Å²) in [6.07, 6.45) is 0. The summed E-state index contributed by atoms with van der Waals surface area (Å²) in [4.78, 5) is 26.5. The van der Waals surface area contributed by atoms with Crippen molar-refractivity contribution in [1.82, 2.24) is 0 Å². The molecule has 7 heteroatoms. The average Bonchev–Trinajstić information content (AvgIpc) is 2.78. The zero-order valence-corrected chi connectivity index (χ0v) is 17.9. The van der Waals surface area contributed by atoms with E-state index in [-0.39, 0.29) is 37.4 Å². The lowest BCUT2D eigenvalue weighted by atomic mass is 10.1. The smallest absolute Gasteiger partial charge is 0.265 e. The van der Waals surface area contributed by atoms with E-state index in [9.17, 15) is 14.0 Å². The number of carbonyl (C=O) groups is 2. The third-order valence-electron chi connectivity index (χ3n) is 5.35. The maximum Gasteiger partial charge on any atom is 0.265 e. The van der Waals surface area contributed by atoms with E-state index in [0.29, 0.717) is 22.9 Å². The largest absolute Gasteiger partial charge is 0.483 e. The van der Waals surface area contributed by atoms with Gasteiger partial charge in [0.1, 0.15) is 17.3 Å². The Morgan fingerprint density at radius 2 is 1.91 bits per heavy atom. The highest BCUT2D eigenvalue weighted by Gasteiger charge is 2.26. The number of aryl methyl sites for hydroxylation is 1. The first-order valence-corrected chi connectivity index (χ1v) is 10.2. The molecule has 164 valence electrons. The first kappa shape index (κ1) is 21.4. The Bertz CT molecular complexity index is 1160. The molecule has 1 heterocycles. The molecule has 1 N–H and O–H groups in total. The van der Waals surface area contributed by atoms with Crippen LogP contribution >= 0.6 is 0 Å². The van der Waals surface area contributed by atoms with Crippen molar-refractivity contribution in [3.63, 3.8) is 0 Å². The van der Waals surface area contributed by atoms with Gasteiger partial charge in [-0.1, -0.05) is 24.3 Å². The van der Waals surface area contributed by atoms with Crippen LogP contribution in [0.3, 0.4) is 0 Å². The van der Waals surface area contributed by atoms with E-state index in [2.05, 4.69) is 5.32 Å². The first-order valence-electron chi connectivity index (χ1n) is 10.2. The molecule has 0 spiro atoms. The molecule has 0 radical (unpaired) electrons.